The second kappa shape index (κ2) is 10.9. The minimum atomic E-state index is -0.475. The predicted octanol–water partition coefficient (Wildman–Crippen LogP) is 4.36. The molecule has 0 saturated heterocycles. The lowest BCUT2D eigenvalue weighted by atomic mass is 10.1. The minimum Gasteiger partial charge on any atom is -0.493 e. The quantitative estimate of drug-likeness (QED) is 0.471. The van der Waals surface area contributed by atoms with Crippen LogP contribution in [0.5, 0.6) is 5.75 Å². The molecule has 0 fully saturated rings. The monoisotopic (exact) mass is 445 g/mol. The van der Waals surface area contributed by atoms with Gasteiger partial charge in [-0.3, -0.25) is 25.2 Å². The Labute approximate surface area is 193 Å². The van der Waals surface area contributed by atoms with Crippen LogP contribution in [0.3, 0.4) is 0 Å². The number of amides is 3. The molecule has 3 rings (SSSR count). The maximum Gasteiger partial charge on any atom is 0.269 e. The Morgan fingerprint density at radius 2 is 1.33 bits per heavy atom. The highest BCUT2D eigenvalue weighted by atomic mass is 16.5. The van der Waals surface area contributed by atoms with Crippen LogP contribution >= 0.6 is 0 Å². The van der Waals surface area contributed by atoms with Crippen LogP contribution < -0.4 is 20.9 Å². The fourth-order valence-electron chi connectivity index (χ4n) is 2.92. The van der Waals surface area contributed by atoms with Crippen molar-refractivity contribution in [1.29, 1.82) is 0 Å². The molecule has 3 aromatic carbocycles. The number of hydrazine groups is 1. The van der Waals surface area contributed by atoms with Gasteiger partial charge in [0.2, 0.25) is 0 Å². The van der Waals surface area contributed by atoms with Crippen LogP contribution in [0.1, 0.15) is 50.5 Å². The van der Waals surface area contributed by atoms with E-state index in [0.717, 1.165) is 5.56 Å². The van der Waals surface area contributed by atoms with E-state index in [1.165, 1.54) is 0 Å². The number of hydrogen-bond donors (Lipinski definition) is 3. The highest BCUT2D eigenvalue weighted by molar-refractivity contribution is 6.05. The molecule has 0 saturated carbocycles. The first kappa shape index (κ1) is 23.5. The lowest BCUT2D eigenvalue weighted by molar-refractivity contribution is 0.0846. The Balaban J connectivity index is 1.51. The fourth-order valence-corrected chi connectivity index (χ4v) is 2.92. The maximum absolute atomic E-state index is 12.3. The van der Waals surface area contributed by atoms with Crippen LogP contribution in [0.15, 0.2) is 72.8 Å². The summed E-state index contributed by atoms with van der Waals surface area (Å²) in [5, 5.41) is 2.79. The summed E-state index contributed by atoms with van der Waals surface area (Å²) >= 11 is 0. The molecule has 0 aliphatic heterocycles. The fraction of sp³-hybridized carbons (Fsp3) is 0.192. The van der Waals surface area contributed by atoms with Gasteiger partial charge in [0.1, 0.15) is 5.75 Å². The van der Waals surface area contributed by atoms with E-state index >= 15 is 0 Å². The molecule has 0 spiro atoms. The minimum absolute atomic E-state index is 0.233. The van der Waals surface area contributed by atoms with Crippen molar-refractivity contribution in [2.45, 2.75) is 20.8 Å². The SMILES string of the molecule is Cc1cccc(C(=O)Nc2ccc(C(=O)NNC(=O)c3ccc(OCC(C)C)cc3)cc2)c1. The molecule has 7 nitrogen and oxygen atoms in total. The summed E-state index contributed by atoms with van der Waals surface area (Å²) in [4.78, 5) is 37.0. The number of nitrogens with one attached hydrogen (secondary N) is 3. The summed E-state index contributed by atoms with van der Waals surface area (Å²) in [7, 11) is 0. The normalized spacial score (nSPS) is 10.4. The zero-order valence-electron chi connectivity index (χ0n) is 18.8. The summed E-state index contributed by atoms with van der Waals surface area (Å²) in [6.07, 6.45) is 0. The standard InChI is InChI=1S/C26H27N3O4/c1-17(2)16-33-23-13-9-20(10-14-23)26(32)29-28-25(31)19-7-11-22(12-8-19)27-24(30)21-6-4-5-18(3)15-21/h4-15,17H,16H2,1-3H3,(H,27,30)(H,28,31)(H,29,32). The van der Waals surface area contributed by atoms with Crippen molar-refractivity contribution < 1.29 is 19.1 Å². The van der Waals surface area contributed by atoms with Gasteiger partial charge in [-0.25, -0.2) is 0 Å². The first-order valence-electron chi connectivity index (χ1n) is 10.6. The highest BCUT2D eigenvalue weighted by Gasteiger charge is 2.11. The zero-order chi connectivity index (χ0) is 23.8. The van der Waals surface area contributed by atoms with E-state index in [9.17, 15) is 14.4 Å². The van der Waals surface area contributed by atoms with Crippen molar-refractivity contribution in [3.05, 3.63) is 95.1 Å². The van der Waals surface area contributed by atoms with E-state index in [1.54, 1.807) is 60.7 Å². The predicted molar refractivity (Wildman–Crippen MR) is 127 cm³/mol. The first-order valence-corrected chi connectivity index (χ1v) is 10.6. The van der Waals surface area contributed by atoms with E-state index in [2.05, 4.69) is 30.0 Å². The van der Waals surface area contributed by atoms with Gasteiger partial charge in [-0.15, -0.1) is 0 Å². The second-order valence-corrected chi connectivity index (χ2v) is 8.04. The molecule has 3 aromatic rings. The summed E-state index contributed by atoms with van der Waals surface area (Å²) < 4.78 is 5.59. The lowest BCUT2D eigenvalue weighted by Crippen LogP contribution is -2.41. The number of ether oxygens (including phenoxy) is 1. The van der Waals surface area contributed by atoms with Crippen molar-refractivity contribution in [2.75, 3.05) is 11.9 Å². The van der Waals surface area contributed by atoms with Crippen LogP contribution in [-0.2, 0) is 0 Å². The topological polar surface area (TPSA) is 96.5 Å². The molecule has 0 atom stereocenters. The van der Waals surface area contributed by atoms with Crippen LogP contribution in [0.2, 0.25) is 0 Å². The van der Waals surface area contributed by atoms with E-state index in [1.807, 2.05) is 19.1 Å². The molecule has 0 bridgehead atoms. The van der Waals surface area contributed by atoms with Crippen molar-refractivity contribution >= 4 is 23.4 Å². The van der Waals surface area contributed by atoms with Gasteiger partial charge in [0, 0.05) is 22.4 Å². The van der Waals surface area contributed by atoms with Gasteiger partial charge < -0.3 is 10.1 Å². The van der Waals surface area contributed by atoms with Crippen molar-refractivity contribution in [2.24, 2.45) is 5.92 Å². The maximum atomic E-state index is 12.3. The van der Waals surface area contributed by atoms with E-state index in [-0.39, 0.29) is 5.91 Å². The van der Waals surface area contributed by atoms with Crippen molar-refractivity contribution in [3.63, 3.8) is 0 Å². The molecule has 0 aliphatic carbocycles. The molecule has 170 valence electrons. The summed E-state index contributed by atoms with van der Waals surface area (Å²) in [6.45, 7) is 6.62. The average Bonchev–Trinajstić information content (AvgIpc) is 2.81. The van der Waals surface area contributed by atoms with Gasteiger partial charge >= 0.3 is 0 Å². The third-order valence-electron chi connectivity index (χ3n) is 4.67. The Morgan fingerprint density at radius 3 is 1.88 bits per heavy atom. The van der Waals surface area contributed by atoms with Gasteiger partial charge in [0.25, 0.3) is 17.7 Å². The van der Waals surface area contributed by atoms with E-state index in [4.69, 9.17) is 4.74 Å². The van der Waals surface area contributed by atoms with Crippen LogP contribution in [0, 0.1) is 12.8 Å². The third kappa shape index (κ3) is 6.93. The number of hydrogen-bond acceptors (Lipinski definition) is 4. The Hall–Kier alpha value is -4.13. The molecule has 0 aromatic heterocycles. The van der Waals surface area contributed by atoms with Gasteiger partial charge in [0.15, 0.2) is 0 Å². The molecule has 0 aliphatic rings. The highest BCUT2D eigenvalue weighted by Crippen LogP contribution is 2.14. The Bertz CT molecular complexity index is 1120. The molecule has 0 radical (unpaired) electrons. The second-order valence-electron chi connectivity index (χ2n) is 8.04. The summed E-state index contributed by atoms with van der Waals surface area (Å²) in [6, 6.07) is 20.3. The molecule has 33 heavy (non-hydrogen) atoms. The van der Waals surface area contributed by atoms with Gasteiger partial charge in [-0.2, -0.15) is 0 Å². The molecule has 7 heteroatoms. The van der Waals surface area contributed by atoms with Crippen LogP contribution in [-0.4, -0.2) is 24.3 Å². The lowest BCUT2D eigenvalue weighted by Gasteiger charge is -2.10. The number of carbonyl (C=O) groups is 3. The third-order valence-corrected chi connectivity index (χ3v) is 4.67. The van der Waals surface area contributed by atoms with E-state index < -0.39 is 11.8 Å². The smallest absolute Gasteiger partial charge is 0.269 e. The molecular formula is C26H27N3O4. The van der Waals surface area contributed by atoms with Crippen molar-refractivity contribution in [3.8, 4) is 5.75 Å². The Morgan fingerprint density at radius 1 is 0.758 bits per heavy atom. The van der Waals surface area contributed by atoms with Gasteiger partial charge in [-0.05, 0) is 73.5 Å². The Kier molecular flexibility index (Phi) is 7.81. The molecule has 0 unspecified atom stereocenters. The van der Waals surface area contributed by atoms with Gasteiger partial charge in [0.05, 0.1) is 6.61 Å². The van der Waals surface area contributed by atoms with Crippen molar-refractivity contribution in [1.82, 2.24) is 10.9 Å². The largest absolute Gasteiger partial charge is 0.493 e. The summed E-state index contributed by atoms with van der Waals surface area (Å²) in [5.41, 5.74) is 7.61. The number of anilines is 1. The molecular weight excluding hydrogens is 418 g/mol. The number of benzene rings is 3. The number of aryl methyl sites for hydroxylation is 1. The number of carbonyl (C=O) groups excluding carboxylic acids is 3. The van der Waals surface area contributed by atoms with Crippen LogP contribution in [0.4, 0.5) is 5.69 Å². The average molecular weight is 446 g/mol. The van der Waals surface area contributed by atoms with E-state index in [0.29, 0.717) is 40.7 Å². The molecule has 3 amide bonds. The molecule has 3 N–H and O–H groups in total. The van der Waals surface area contributed by atoms with Gasteiger partial charge in [-0.1, -0.05) is 31.5 Å². The molecule has 0 heterocycles. The first-order chi connectivity index (χ1) is 15.8. The zero-order valence-corrected chi connectivity index (χ0v) is 18.8. The summed E-state index contributed by atoms with van der Waals surface area (Å²) in [5.74, 6) is -0.0677. The van der Waals surface area contributed by atoms with Crippen LogP contribution in [0.25, 0.3) is 0 Å². The number of rotatable bonds is 7.